The van der Waals surface area contributed by atoms with Crippen LogP contribution in [0.15, 0.2) is 42.6 Å². The van der Waals surface area contributed by atoms with Crippen LogP contribution in [-0.2, 0) is 0 Å². The normalized spacial score (nSPS) is 9.18. The summed E-state index contributed by atoms with van der Waals surface area (Å²) in [5.41, 5.74) is 6.53. The van der Waals surface area contributed by atoms with Crippen LogP contribution in [-0.4, -0.2) is 19.2 Å². The van der Waals surface area contributed by atoms with Crippen molar-refractivity contribution in [3.63, 3.8) is 0 Å². The molecule has 148 valence electrons. The number of anilines is 1. The van der Waals surface area contributed by atoms with Gasteiger partial charge in [0.1, 0.15) is 5.75 Å². The number of hydrogen-bond donors (Lipinski definition) is 1. The topological polar surface area (TPSA) is 90.4 Å². The minimum absolute atomic E-state index is 0.0847. The lowest BCUT2D eigenvalue weighted by Gasteiger charge is -2.12. The van der Waals surface area contributed by atoms with E-state index in [2.05, 4.69) is 4.98 Å². The predicted molar refractivity (Wildman–Crippen MR) is 108 cm³/mol. The Morgan fingerprint density at radius 3 is 2.14 bits per heavy atom. The number of ether oxygens (including phenoxy) is 3. The fraction of sp³-hybridized carbons (Fsp3) is 0.238. The summed E-state index contributed by atoms with van der Waals surface area (Å²) in [7, 11) is 3.09. The molecule has 0 spiro atoms. The van der Waals surface area contributed by atoms with Crippen molar-refractivity contribution in [2.75, 3.05) is 20.0 Å². The molecule has 0 unspecified atom stereocenters. The van der Waals surface area contributed by atoms with E-state index in [-0.39, 0.29) is 5.75 Å². The molecule has 0 bridgehead atoms. The van der Waals surface area contributed by atoms with E-state index in [0.717, 1.165) is 0 Å². The van der Waals surface area contributed by atoms with Crippen molar-refractivity contribution < 1.29 is 18.6 Å². The minimum atomic E-state index is -0.532. The minimum Gasteiger partial charge on any atom is -0.493 e. The van der Waals surface area contributed by atoms with E-state index in [4.69, 9.17) is 25.2 Å². The van der Waals surface area contributed by atoms with E-state index in [0.29, 0.717) is 33.8 Å². The van der Waals surface area contributed by atoms with Gasteiger partial charge in [-0.3, -0.25) is 4.98 Å². The average molecular weight is 385 g/mol. The van der Waals surface area contributed by atoms with Gasteiger partial charge in [0.15, 0.2) is 23.1 Å². The zero-order valence-corrected chi connectivity index (χ0v) is 16.6. The molecule has 1 heterocycles. The van der Waals surface area contributed by atoms with Gasteiger partial charge in [-0.05, 0) is 24.3 Å². The maximum atomic E-state index is 13.9. The summed E-state index contributed by atoms with van der Waals surface area (Å²) in [5.74, 6) is 1.11. The molecule has 0 fully saturated rings. The highest BCUT2D eigenvalue weighted by molar-refractivity contribution is 5.88. The van der Waals surface area contributed by atoms with E-state index in [9.17, 15) is 4.39 Å². The van der Waals surface area contributed by atoms with Crippen LogP contribution in [0.2, 0.25) is 0 Å². The average Bonchev–Trinajstić information content (AvgIpc) is 2.71. The van der Waals surface area contributed by atoms with Crippen molar-refractivity contribution in [1.82, 2.24) is 4.98 Å². The number of hydrogen-bond acceptors (Lipinski definition) is 6. The summed E-state index contributed by atoms with van der Waals surface area (Å²) in [6.45, 7) is 5.43. The molecule has 2 aromatic carbocycles. The molecule has 28 heavy (non-hydrogen) atoms. The molecular weight excluding hydrogens is 361 g/mol. The summed E-state index contributed by atoms with van der Waals surface area (Å²) < 4.78 is 30.2. The molecule has 2 N–H and O–H groups in total. The molecular formula is C21H24FN3O3. The van der Waals surface area contributed by atoms with E-state index in [1.165, 1.54) is 19.1 Å². The van der Waals surface area contributed by atoms with E-state index in [1.807, 2.05) is 13.8 Å². The van der Waals surface area contributed by atoms with Crippen molar-refractivity contribution in [3.05, 3.63) is 48.4 Å². The molecule has 3 rings (SSSR count). The van der Waals surface area contributed by atoms with Gasteiger partial charge in [-0.15, -0.1) is 0 Å². The standard InChI is InChI=1S/C17H15FN2O3.C2H3N.C2H6/c1-21-16-8-11-13(9-17(16)22-2)20-6-5-14(11)23-15-4-3-10(19)7-12(15)18;1-2-3;1-2/h3-9H,19H2,1-2H3;1H3;1-2H3. The fourth-order valence-corrected chi connectivity index (χ4v) is 2.25. The Labute approximate surface area is 164 Å². The third kappa shape index (κ3) is 5.48. The zero-order valence-electron chi connectivity index (χ0n) is 16.6. The number of benzene rings is 2. The third-order valence-corrected chi connectivity index (χ3v) is 3.38. The first kappa shape index (κ1) is 22.5. The first-order chi connectivity index (χ1) is 13.5. The zero-order chi connectivity index (χ0) is 21.1. The number of nitrogen functional groups attached to an aromatic ring is 1. The second kappa shape index (κ2) is 11.2. The second-order valence-electron chi connectivity index (χ2n) is 5.05. The van der Waals surface area contributed by atoms with E-state index in [1.54, 1.807) is 50.8 Å². The molecule has 0 aliphatic heterocycles. The molecule has 0 amide bonds. The van der Waals surface area contributed by atoms with Crippen LogP contribution in [0.25, 0.3) is 10.9 Å². The van der Waals surface area contributed by atoms with E-state index < -0.39 is 5.82 Å². The lowest BCUT2D eigenvalue weighted by Crippen LogP contribution is -1.95. The third-order valence-electron chi connectivity index (χ3n) is 3.38. The van der Waals surface area contributed by atoms with Crippen LogP contribution in [0, 0.1) is 17.1 Å². The molecule has 0 atom stereocenters. The number of fused-ring (bicyclic) bond motifs is 1. The summed E-state index contributed by atoms with van der Waals surface area (Å²) in [4.78, 5) is 4.27. The van der Waals surface area contributed by atoms with Crippen LogP contribution in [0.1, 0.15) is 20.8 Å². The Hall–Kier alpha value is -3.53. The second-order valence-corrected chi connectivity index (χ2v) is 5.05. The summed E-state index contributed by atoms with van der Waals surface area (Å²) in [6.07, 6.45) is 1.58. The predicted octanol–water partition coefficient (Wildman–Crippen LogP) is 5.32. The molecule has 7 heteroatoms. The number of nitriles is 1. The number of rotatable bonds is 4. The molecule has 0 aliphatic rings. The molecule has 1 aromatic heterocycles. The van der Waals surface area contributed by atoms with Crippen LogP contribution in [0.4, 0.5) is 10.1 Å². The van der Waals surface area contributed by atoms with Crippen molar-refractivity contribution in [2.45, 2.75) is 20.8 Å². The number of halogens is 1. The lowest BCUT2D eigenvalue weighted by molar-refractivity contribution is 0.355. The van der Waals surface area contributed by atoms with Gasteiger partial charge < -0.3 is 19.9 Å². The van der Waals surface area contributed by atoms with Gasteiger partial charge in [-0.2, -0.15) is 5.26 Å². The Balaban J connectivity index is 0.000000717. The molecule has 0 radical (unpaired) electrons. The molecule has 0 saturated heterocycles. The Bertz CT molecular complexity index is 956. The first-order valence-corrected chi connectivity index (χ1v) is 8.58. The largest absolute Gasteiger partial charge is 0.493 e. The monoisotopic (exact) mass is 385 g/mol. The van der Waals surface area contributed by atoms with Crippen LogP contribution in [0.3, 0.4) is 0 Å². The highest BCUT2D eigenvalue weighted by atomic mass is 19.1. The van der Waals surface area contributed by atoms with Crippen molar-refractivity contribution in [2.24, 2.45) is 0 Å². The molecule has 0 saturated carbocycles. The maximum absolute atomic E-state index is 13.9. The van der Waals surface area contributed by atoms with Crippen molar-refractivity contribution in [3.8, 4) is 29.1 Å². The number of methoxy groups -OCH3 is 2. The van der Waals surface area contributed by atoms with Gasteiger partial charge >= 0.3 is 0 Å². The first-order valence-electron chi connectivity index (χ1n) is 8.58. The Morgan fingerprint density at radius 1 is 0.964 bits per heavy atom. The Kier molecular flexibility index (Phi) is 9.04. The van der Waals surface area contributed by atoms with Crippen LogP contribution < -0.4 is 19.9 Å². The quantitative estimate of drug-likeness (QED) is 0.611. The molecule has 6 nitrogen and oxygen atoms in total. The number of aromatic nitrogens is 1. The Morgan fingerprint density at radius 2 is 1.57 bits per heavy atom. The van der Waals surface area contributed by atoms with Gasteiger partial charge in [0, 0.05) is 36.3 Å². The van der Waals surface area contributed by atoms with Crippen LogP contribution in [0.5, 0.6) is 23.0 Å². The molecule has 0 aliphatic carbocycles. The fourth-order valence-electron chi connectivity index (χ4n) is 2.25. The highest BCUT2D eigenvalue weighted by Crippen LogP contribution is 2.37. The number of nitrogens with two attached hydrogens (primary N) is 1. The van der Waals surface area contributed by atoms with E-state index >= 15 is 0 Å². The SMILES string of the molecule is CC.CC#N.COc1cc2nccc(Oc3ccc(N)cc3F)c2cc1OC. The summed E-state index contributed by atoms with van der Waals surface area (Å²) in [6, 6.07) is 11.2. The molecule has 3 aromatic rings. The number of nitrogens with zero attached hydrogens (tertiary/aromatic N) is 2. The van der Waals surface area contributed by atoms with Gasteiger partial charge in [-0.25, -0.2) is 4.39 Å². The highest BCUT2D eigenvalue weighted by Gasteiger charge is 2.12. The van der Waals surface area contributed by atoms with Gasteiger partial charge in [-0.1, -0.05) is 13.8 Å². The number of pyridine rings is 1. The maximum Gasteiger partial charge on any atom is 0.167 e. The lowest BCUT2D eigenvalue weighted by atomic mass is 10.2. The summed E-state index contributed by atoms with van der Waals surface area (Å²) >= 11 is 0. The van der Waals surface area contributed by atoms with Crippen molar-refractivity contribution in [1.29, 1.82) is 5.26 Å². The smallest absolute Gasteiger partial charge is 0.167 e. The van der Waals surface area contributed by atoms with Crippen molar-refractivity contribution >= 4 is 16.6 Å². The van der Waals surface area contributed by atoms with Gasteiger partial charge in [0.2, 0.25) is 0 Å². The van der Waals surface area contributed by atoms with Crippen LogP contribution >= 0.6 is 0 Å². The van der Waals surface area contributed by atoms with Gasteiger partial charge in [0.05, 0.1) is 25.8 Å². The van der Waals surface area contributed by atoms with Gasteiger partial charge in [0.25, 0.3) is 0 Å². The summed E-state index contributed by atoms with van der Waals surface area (Å²) in [5, 5.41) is 8.00.